The molecule has 0 unspecified atom stereocenters. The number of carbonyl (C=O) groups excluding carboxylic acids is 1. The number of carboxylic acids is 1. The Hall–Kier alpha value is -2.56. The van der Waals surface area contributed by atoms with Crippen LogP contribution in [0.25, 0.3) is 5.69 Å². The summed E-state index contributed by atoms with van der Waals surface area (Å²) in [6.45, 7) is 0.197. The van der Waals surface area contributed by atoms with Crippen molar-refractivity contribution in [2.45, 2.75) is 6.18 Å². The highest BCUT2D eigenvalue weighted by molar-refractivity contribution is 7.99. The Morgan fingerprint density at radius 3 is 2.68 bits per heavy atom. The number of halogens is 3. The zero-order chi connectivity index (χ0) is 18.4. The van der Waals surface area contributed by atoms with Crippen LogP contribution in [0.3, 0.4) is 0 Å². The number of aromatic nitrogens is 3. The van der Waals surface area contributed by atoms with Gasteiger partial charge >= 0.3 is 12.1 Å². The summed E-state index contributed by atoms with van der Waals surface area (Å²) < 4.78 is 39.9. The second-order valence-corrected chi connectivity index (χ2v) is 5.87. The number of carbonyl (C=O) groups is 2. The Kier molecular flexibility index (Phi) is 6.02. The average Bonchev–Trinajstić information content (AvgIpc) is 3.03. The minimum Gasteiger partial charge on any atom is -0.481 e. The summed E-state index contributed by atoms with van der Waals surface area (Å²) in [6.07, 6.45) is -3.46. The van der Waals surface area contributed by atoms with E-state index < -0.39 is 23.6 Å². The molecular weight excluding hydrogens is 361 g/mol. The average molecular weight is 374 g/mol. The smallest absolute Gasteiger partial charge is 0.418 e. The number of nitrogens with zero attached hydrogens (tertiary/aromatic N) is 3. The molecule has 0 aliphatic rings. The number of amides is 1. The Bertz CT molecular complexity index is 764. The van der Waals surface area contributed by atoms with E-state index in [1.165, 1.54) is 18.2 Å². The van der Waals surface area contributed by atoms with Gasteiger partial charge in [-0.2, -0.15) is 13.2 Å². The first-order valence-corrected chi connectivity index (χ1v) is 8.11. The number of rotatable bonds is 7. The molecule has 11 heteroatoms. The molecule has 2 rings (SSSR count). The van der Waals surface area contributed by atoms with Gasteiger partial charge in [0.1, 0.15) is 0 Å². The number of thioether (sulfide) groups is 1. The first kappa shape index (κ1) is 18.8. The molecule has 7 nitrogen and oxygen atoms in total. The van der Waals surface area contributed by atoms with Gasteiger partial charge in [0.25, 0.3) is 5.91 Å². The van der Waals surface area contributed by atoms with E-state index in [1.54, 1.807) is 0 Å². The topological polar surface area (TPSA) is 97.1 Å². The lowest BCUT2D eigenvalue weighted by Gasteiger charge is -2.11. The third-order valence-electron chi connectivity index (χ3n) is 2.94. The molecule has 134 valence electrons. The van der Waals surface area contributed by atoms with E-state index in [2.05, 4.69) is 15.6 Å². The van der Waals surface area contributed by atoms with Crippen molar-refractivity contribution in [1.82, 2.24) is 20.3 Å². The van der Waals surface area contributed by atoms with Crippen LogP contribution in [0.15, 0.2) is 30.5 Å². The number of nitrogens with one attached hydrogen (secondary N) is 1. The second kappa shape index (κ2) is 8.01. The standard InChI is InChI=1S/C14H13F3N4O3S/c15-14(16,17)9-3-1-2-4-11(9)21-7-10(19-20-21)13(24)18-5-6-25-8-12(22)23/h1-4,7H,5-6,8H2,(H,18,24)(H,22,23). The maximum Gasteiger partial charge on any atom is 0.418 e. The van der Waals surface area contributed by atoms with Crippen LogP contribution in [0.4, 0.5) is 13.2 Å². The van der Waals surface area contributed by atoms with Crippen molar-refractivity contribution < 1.29 is 27.9 Å². The minimum absolute atomic E-state index is 0.0831. The number of hydrogen-bond donors (Lipinski definition) is 2. The molecule has 0 aliphatic carbocycles. The fourth-order valence-electron chi connectivity index (χ4n) is 1.89. The van der Waals surface area contributed by atoms with E-state index in [1.807, 2.05) is 0 Å². The molecule has 1 aromatic heterocycles. The van der Waals surface area contributed by atoms with Gasteiger partial charge in [-0.25, -0.2) is 4.68 Å². The van der Waals surface area contributed by atoms with E-state index >= 15 is 0 Å². The number of carboxylic acid groups (broad SMARTS) is 1. The lowest BCUT2D eigenvalue weighted by molar-refractivity contribution is -0.137. The van der Waals surface area contributed by atoms with Gasteiger partial charge in [-0.15, -0.1) is 16.9 Å². The molecule has 2 N–H and O–H groups in total. The normalized spacial score (nSPS) is 11.3. The summed E-state index contributed by atoms with van der Waals surface area (Å²) in [4.78, 5) is 22.2. The summed E-state index contributed by atoms with van der Waals surface area (Å²) in [6, 6.07) is 4.81. The fourth-order valence-corrected chi connectivity index (χ4v) is 2.45. The van der Waals surface area contributed by atoms with Crippen molar-refractivity contribution in [2.75, 3.05) is 18.1 Å². The van der Waals surface area contributed by atoms with Crippen molar-refractivity contribution in [1.29, 1.82) is 0 Å². The van der Waals surface area contributed by atoms with Crippen LogP contribution in [0.2, 0.25) is 0 Å². The Labute approximate surface area is 144 Å². The Balaban J connectivity index is 2.03. The van der Waals surface area contributed by atoms with Gasteiger partial charge in [-0.3, -0.25) is 9.59 Å². The van der Waals surface area contributed by atoms with Gasteiger partial charge in [0, 0.05) is 12.3 Å². The second-order valence-electron chi connectivity index (χ2n) is 4.77. The number of benzene rings is 1. The highest BCUT2D eigenvalue weighted by Crippen LogP contribution is 2.33. The van der Waals surface area contributed by atoms with Crippen LogP contribution >= 0.6 is 11.8 Å². The van der Waals surface area contributed by atoms with Gasteiger partial charge in [-0.05, 0) is 12.1 Å². The van der Waals surface area contributed by atoms with Crippen molar-refractivity contribution >= 4 is 23.6 Å². The zero-order valence-electron chi connectivity index (χ0n) is 12.7. The van der Waals surface area contributed by atoms with Gasteiger partial charge in [-0.1, -0.05) is 17.3 Å². The molecule has 0 aliphatic heterocycles. The SMILES string of the molecule is O=C(O)CSCCNC(=O)c1cn(-c2ccccc2C(F)(F)F)nn1. The molecule has 0 fully saturated rings. The maximum atomic E-state index is 13.0. The molecular formula is C14H13F3N4O3S. The van der Waals surface area contributed by atoms with Crippen LogP contribution < -0.4 is 5.32 Å². The zero-order valence-corrected chi connectivity index (χ0v) is 13.5. The van der Waals surface area contributed by atoms with Crippen molar-refractivity contribution in [2.24, 2.45) is 0 Å². The molecule has 1 amide bonds. The first-order valence-electron chi connectivity index (χ1n) is 6.95. The third kappa shape index (κ3) is 5.21. The van der Waals surface area contributed by atoms with E-state index in [9.17, 15) is 22.8 Å². The molecule has 25 heavy (non-hydrogen) atoms. The largest absolute Gasteiger partial charge is 0.481 e. The summed E-state index contributed by atoms with van der Waals surface area (Å²) in [7, 11) is 0. The van der Waals surface area contributed by atoms with Gasteiger partial charge in [0.2, 0.25) is 0 Å². The quantitative estimate of drug-likeness (QED) is 0.718. The fraction of sp³-hybridized carbons (Fsp3) is 0.286. The monoisotopic (exact) mass is 374 g/mol. The molecule has 0 spiro atoms. The Morgan fingerprint density at radius 1 is 1.28 bits per heavy atom. The minimum atomic E-state index is -4.56. The van der Waals surface area contributed by atoms with Crippen LogP contribution in [0.1, 0.15) is 16.1 Å². The molecule has 0 radical (unpaired) electrons. The van der Waals surface area contributed by atoms with Gasteiger partial charge in [0.15, 0.2) is 5.69 Å². The summed E-state index contributed by atoms with van der Waals surface area (Å²) in [5, 5.41) is 18.1. The summed E-state index contributed by atoms with van der Waals surface area (Å²) in [5.74, 6) is -1.27. The molecule has 0 atom stereocenters. The van der Waals surface area contributed by atoms with Crippen LogP contribution in [-0.2, 0) is 11.0 Å². The van der Waals surface area contributed by atoms with Crippen LogP contribution in [0.5, 0.6) is 0 Å². The van der Waals surface area contributed by atoms with Gasteiger partial charge < -0.3 is 10.4 Å². The number of aliphatic carboxylic acids is 1. The summed E-state index contributed by atoms with van der Waals surface area (Å²) >= 11 is 1.12. The van der Waals surface area contributed by atoms with Gasteiger partial charge in [0.05, 0.1) is 23.2 Å². The molecule has 1 heterocycles. The molecule has 0 bridgehead atoms. The predicted octanol–water partition coefficient (Wildman–Crippen LogP) is 1.83. The lowest BCUT2D eigenvalue weighted by atomic mass is 10.1. The Morgan fingerprint density at radius 2 is 2.00 bits per heavy atom. The van der Waals surface area contributed by atoms with Crippen molar-refractivity contribution in [3.63, 3.8) is 0 Å². The number of alkyl halides is 3. The molecule has 2 aromatic rings. The number of para-hydroxylation sites is 1. The van der Waals surface area contributed by atoms with E-state index in [0.717, 1.165) is 28.7 Å². The highest BCUT2D eigenvalue weighted by Gasteiger charge is 2.34. The third-order valence-corrected chi connectivity index (χ3v) is 3.88. The molecule has 1 aromatic carbocycles. The van der Waals surface area contributed by atoms with E-state index in [0.29, 0.717) is 5.75 Å². The highest BCUT2D eigenvalue weighted by atomic mass is 32.2. The van der Waals surface area contributed by atoms with Crippen molar-refractivity contribution in [3.05, 3.63) is 41.7 Å². The predicted molar refractivity (Wildman–Crippen MR) is 83.7 cm³/mol. The molecule has 0 saturated carbocycles. The number of hydrogen-bond acceptors (Lipinski definition) is 5. The summed E-state index contributed by atoms with van der Waals surface area (Å²) in [5.41, 5.74) is -1.27. The van der Waals surface area contributed by atoms with E-state index in [-0.39, 0.29) is 23.7 Å². The van der Waals surface area contributed by atoms with Crippen LogP contribution in [0, 0.1) is 0 Å². The first-order chi connectivity index (χ1) is 11.8. The van der Waals surface area contributed by atoms with Crippen molar-refractivity contribution in [3.8, 4) is 5.69 Å². The molecule has 0 saturated heterocycles. The lowest BCUT2D eigenvalue weighted by Crippen LogP contribution is -2.26. The van der Waals surface area contributed by atoms with Crippen LogP contribution in [-0.4, -0.2) is 50.0 Å². The maximum absolute atomic E-state index is 13.0. The van der Waals surface area contributed by atoms with E-state index in [4.69, 9.17) is 5.11 Å².